The van der Waals surface area contributed by atoms with Crippen molar-refractivity contribution < 1.29 is 0 Å². The lowest BCUT2D eigenvalue weighted by atomic mass is 10.6. The molecule has 8 heavy (non-hydrogen) atoms. The Morgan fingerprint density at radius 2 is 1.75 bits per heavy atom. The summed E-state index contributed by atoms with van der Waals surface area (Å²) >= 11 is 3.33. The van der Waals surface area contributed by atoms with E-state index in [0.29, 0.717) is 0 Å². The molecule has 0 bridgehead atoms. The van der Waals surface area contributed by atoms with Gasteiger partial charge in [-0.2, -0.15) is 0 Å². The van der Waals surface area contributed by atoms with Crippen LogP contribution in [0.5, 0.6) is 0 Å². The molecule has 0 aromatic heterocycles. The molecule has 0 spiro atoms. The van der Waals surface area contributed by atoms with Crippen molar-refractivity contribution in [1.82, 2.24) is 0 Å². The Bertz CT molecular complexity index is 78.1. The summed E-state index contributed by atoms with van der Waals surface area (Å²) < 4.78 is 0.797. The van der Waals surface area contributed by atoms with Crippen molar-refractivity contribution in [2.75, 3.05) is 11.5 Å². The van der Waals surface area contributed by atoms with E-state index in [4.69, 9.17) is 5.41 Å². The maximum absolute atomic E-state index is 7.11. The molecule has 0 unspecified atom stereocenters. The minimum atomic E-state index is 0. The highest BCUT2D eigenvalue weighted by atomic mass is 35.5. The normalized spacial score (nSPS) is 19.8. The van der Waals surface area contributed by atoms with Crippen molar-refractivity contribution in [1.29, 1.82) is 5.41 Å². The molecule has 0 aromatic rings. The van der Waals surface area contributed by atoms with Gasteiger partial charge in [0.25, 0.3) is 0 Å². The van der Waals surface area contributed by atoms with Crippen LogP contribution in [-0.4, -0.2) is 15.9 Å². The zero-order valence-electron chi connectivity index (χ0n) is 4.35. The maximum Gasteiger partial charge on any atom is 0.121 e. The highest BCUT2D eigenvalue weighted by Crippen LogP contribution is 2.22. The second kappa shape index (κ2) is 4.53. The number of rotatable bonds is 0. The van der Waals surface area contributed by atoms with Crippen molar-refractivity contribution in [3.8, 4) is 0 Å². The predicted molar refractivity (Wildman–Crippen MR) is 44.5 cm³/mol. The van der Waals surface area contributed by atoms with Crippen LogP contribution >= 0.6 is 35.9 Å². The third-order valence-corrected chi connectivity index (χ3v) is 2.97. The molecule has 0 amide bonds. The molecule has 0 saturated carbocycles. The van der Waals surface area contributed by atoms with Crippen molar-refractivity contribution in [3.63, 3.8) is 0 Å². The van der Waals surface area contributed by atoms with Gasteiger partial charge in [-0.3, -0.25) is 5.41 Å². The first-order valence-electron chi connectivity index (χ1n) is 2.24. The summed E-state index contributed by atoms with van der Waals surface area (Å²) in [6.45, 7) is 0. The Morgan fingerprint density at radius 3 is 2.00 bits per heavy atom. The summed E-state index contributed by atoms with van der Waals surface area (Å²) in [5.41, 5.74) is 0. The topological polar surface area (TPSA) is 23.9 Å². The van der Waals surface area contributed by atoms with Gasteiger partial charge in [-0.05, 0) is 6.42 Å². The Kier molecular flexibility index (Phi) is 4.90. The fraction of sp³-hybridized carbons (Fsp3) is 0.750. The molecule has 0 atom stereocenters. The van der Waals surface area contributed by atoms with Gasteiger partial charge >= 0.3 is 0 Å². The van der Waals surface area contributed by atoms with Crippen LogP contribution in [-0.2, 0) is 0 Å². The highest BCUT2D eigenvalue weighted by Gasteiger charge is 2.03. The van der Waals surface area contributed by atoms with Crippen LogP contribution in [0, 0.1) is 5.41 Å². The van der Waals surface area contributed by atoms with Gasteiger partial charge in [0.2, 0.25) is 0 Å². The number of nitrogens with one attached hydrogen (secondary N) is 1. The number of hydrogen-bond acceptors (Lipinski definition) is 3. The van der Waals surface area contributed by atoms with Crippen molar-refractivity contribution in [2.45, 2.75) is 6.42 Å². The molecule has 1 aliphatic rings. The molecule has 0 aliphatic carbocycles. The van der Waals surface area contributed by atoms with Crippen LogP contribution in [0.3, 0.4) is 0 Å². The SMILES string of the molecule is Cl.N=C1SCCCS1. The van der Waals surface area contributed by atoms with E-state index in [1.807, 2.05) is 0 Å². The molecule has 1 nitrogen and oxygen atoms in total. The van der Waals surface area contributed by atoms with E-state index in [1.54, 1.807) is 23.5 Å². The summed E-state index contributed by atoms with van der Waals surface area (Å²) in [6.07, 6.45) is 1.28. The summed E-state index contributed by atoms with van der Waals surface area (Å²) in [5.74, 6) is 2.32. The molecule has 1 heterocycles. The van der Waals surface area contributed by atoms with Crippen LogP contribution in [0.2, 0.25) is 0 Å². The van der Waals surface area contributed by atoms with Gasteiger partial charge < -0.3 is 0 Å². The molecule has 48 valence electrons. The molecule has 1 saturated heterocycles. The van der Waals surface area contributed by atoms with Gasteiger partial charge in [0.1, 0.15) is 4.38 Å². The van der Waals surface area contributed by atoms with Gasteiger partial charge in [0, 0.05) is 11.5 Å². The first-order valence-corrected chi connectivity index (χ1v) is 4.21. The summed E-state index contributed by atoms with van der Waals surface area (Å²) in [7, 11) is 0. The first kappa shape index (κ1) is 8.66. The van der Waals surface area contributed by atoms with E-state index < -0.39 is 0 Å². The molecule has 1 fully saturated rings. The minimum Gasteiger partial charge on any atom is -0.288 e. The second-order valence-corrected chi connectivity index (χ2v) is 3.81. The Morgan fingerprint density at radius 1 is 1.25 bits per heavy atom. The Balaban J connectivity index is 0.000000490. The molecule has 1 rings (SSSR count). The summed E-state index contributed by atoms with van der Waals surface area (Å²) in [5, 5.41) is 7.11. The predicted octanol–water partition coefficient (Wildman–Crippen LogP) is 2.21. The third kappa shape index (κ3) is 2.84. The fourth-order valence-corrected chi connectivity index (χ4v) is 2.39. The average molecular weight is 170 g/mol. The molecule has 1 aliphatic heterocycles. The molecular formula is C4H8ClNS2. The lowest BCUT2D eigenvalue weighted by Crippen LogP contribution is -1.96. The van der Waals surface area contributed by atoms with Gasteiger partial charge in [0.05, 0.1) is 0 Å². The Hall–Kier alpha value is 0.660. The number of hydrogen-bond donors (Lipinski definition) is 1. The highest BCUT2D eigenvalue weighted by molar-refractivity contribution is 8.39. The molecule has 0 radical (unpaired) electrons. The maximum atomic E-state index is 7.11. The lowest BCUT2D eigenvalue weighted by Gasteiger charge is -2.07. The van der Waals surface area contributed by atoms with Crippen molar-refractivity contribution in [3.05, 3.63) is 0 Å². The van der Waals surface area contributed by atoms with E-state index >= 15 is 0 Å². The first-order chi connectivity index (χ1) is 3.39. The summed E-state index contributed by atoms with van der Waals surface area (Å²) in [6, 6.07) is 0. The van der Waals surface area contributed by atoms with Crippen LogP contribution in [0.4, 0.5) is 0 Å². The van der Waals surface area contributed by atoms with Gasteiger partial charge in [-0.25, -0.2) is 0 Å². The molecular weight excluding hydrogens is 162 g/mol. The van der Waals surface area contributed by atoms with Crippen molar-refractivity contribution in [2.24, 2.45) is 0 Å². The average Bonchev–Trinajstić information content (AvgIpc) is 1.69. The lowest BCUT2D eigenvalue weighted by molar-refractivity contribution is 1.13. The molecule has 0 aromatic carbocycles. The van der Waals surface area contributed by atoms with E-state index in [1.165, 1.54) is 6.42 Å². The molecule has 1 N–H and O–H groups in total. The number of thioether (sulfide) groups is 2. The van der Waals surface area contributed by atoms with Crippen LogP contribution in [0.15, 0.2) is 0 Å². The van der Waals surface area contributed by atoms with Gasteiger partial charge in [-0.1, -0.05) is 0 Å². The quantitative estimate of drug-likeness (QED) is 0.601. The monoisotopic (exact) mass is 169 g/mol. The fourth-order valence-electron chi connectivity index (χ4n) is 0.430. The van der Waals surface area contributed by atoms with E-state index in [-0.39, 0.29) is 12.4 Å². The van der Waals surface area contributed by atoms with E-state index in [0.717, 1.165) is 15.9 Å². The zero-order chi connectivity index (χ0) is 5.11. The van der Waals surface area contributed by atoms with Gasteiger partial charge in [0.15, 0.2) is 0 Å². The number of halogens is 1. The van der Waals surface area contributed by atoms with Crippen LogP contribution in [0.25, 0.3) is 0 Å². The smallest absolute Gasteiger partial charge is 0.121 e. The second-order valence-electron chi connectivity index (χ2n) is 1.34. The van der Waals surface area contributed by atoms with Crippen molar-refractivity contribution >= 4 is 40.3 Å². The summed E-state index contributed by atoms with van der Waals surface area (Å²) in [4.78, 5) is 0. The Labute approximate surface area is 63.9 Å². The zero-order valence-corrected chi connectivity index (χ0v) is 6.80. The van der Waals surface area contributed by atoms with E-state index in [9.17, 15) is 0 Å². The van der Waals surface area contributed by atoms with E-state index in [2.05, 4.69) is 0 Å². The van der Waals surface area contributed by atoms with Gasteiger partial charge in [-0.15, -0.1) is 35.9 Å². The standard InChI is InChI=1S/C4H7NS2.ClH/c5-4-6-2-1-3-7-4;/h5H,1-3H2;1H. The van der Waals surface area contributed by atoms with Crippen LogP contribution in [0.1, 0.15) is 6.42 Å². The minimum absolute atomic E-state index is 0. The molecule has 4 heteroatoms. The third-order valence-electron chi connectivity index (χ3n) is 0.755. The largest absolute Gasteiger partial charge is 0.288 e. The van der Waals surface area contributed by atoms with Crippen LogP contribution < -0.4 is 0 Å².